The summed E-state index contributed by atoms with van der Waals surface area (Å²) in [5.74, 6) is -0.351. The predicted octanol–water partition coefficient (Wildman–Crippen LogP) is 9.65. The van der Waals surface area contributed by atoms with Gasteiger partial charge in [0.2, 0.25) is 5.88 Å². The monoisotopic (exact) mass is 999 g/mol. The Kier molecular flexibility index (Phi) is 14.3. The normalized spacial score (nSPS) is 21.1. The number of H-pyrrole nitrogens is 1. The van der Waals surface area contributed by atoms with Crippen molar-refractivity contribution in [2.24, 2.45) is 11.3 Å². The summed E-state index contributed by atoms with van der Waals surface area (Å²) < 4.78 is 42.1. The van der Waals surface area contributed by atoms with E-state index in [1.54, 1.807) is 12.3 Å². The number of piperazine rings is 1. The van der Waals surface area contributed by atoms with Crippen molar-refractivity contribution in [2.75, 3.05) is 86.5 Å². The first-order chi connectivity index (χ1) is 33.1. The number of carbonyl (C=O) groups is 1. The first-order valence-corrected chi connectivity index (χ1v) is 27.8. The van der Waals surface area contributed by atoms with E-state index in [-0.39, 0.29) is 22.6 Å². The molecule has 19 heteroatoms. The quantitative estimate of drug-likeness (QED) is 0.0467. The fourth-order valence-electron chi connectivity index (χ4n) is 10.1. The van der Waals surface area contributed by atoms with E-state index in [2.05, 4.69) is 50.8 Å². The predicted molar refractivity (Wildman–Crippen MR) is 274 cm³/mol. The lowest BCUT2D eigenvalue weighted by molar-refractivity contribution is -0.384. The second-order valence-corrected chi connectivity index (χ2v) is 24.3. The Morgan fingerprint density at radius 3 is 2.54 bits per heavy atom. The summed E-state index contributed by atoms with van der Waals surface area (Å²) in [6.07, 6.45) is 8.11. The van der Waals surface area contributed by atoms with Crippen LogP contribution >= 0.6 is 19.3 Å². The molecule has 5 aromatic rings. The average Bonchev–Trinajstić information content (AvgIpc) is 3.69. The number of aromatic amines is 1. The number of halogens is 1. The van der Waals surface area contributed by atoms with Crippen LogP contribution in [0.2, 0.25) is 5.02 Å². The summed E-state index contributed by atoms with van der Waals surface area (Å²) >= 11 is 6.28. The molecule has 4 aliphatic rings. The Bertz CT molecular complexity index is 2860. The number of nitro groups is 1. The van der Waals surface area contributed by atoms with Crippen LogP contribution in [0.4, 0.5) is 28.4 Å². The van der Waals surface area contributed by atoms with Gasteiger partial charge >= 0.3 is 0 Å². The van der Waals surface area contributed by atoms with Crippen LogP contribution in [0.3, 0.4) is 0 Å². The summed E-state index contributed by atoms with van der Waals surface area (Å²) in [5.41, 5.74) is 6.81. The number of ether oxygens (including phenoxy) is 1. The fraction of sp³-hybridized carbons (Fsp3) is 0.440. The highest BCUT2D eigenvalue weighted by Gasteiger charge is 2.42. The maximum Gasteiger partial charge on any atom is 0.293 e. The number of anilines is 4. The molecular formula is C50H61ClN8O8PS+. The molecule has 0 unspecified atom stereocenters. The minimum atomic E-state index is -4.61. The molecule has 3 aromatic carbocycles. The maximum atomic E-state index is 14.5. The van der Waals surface area contributed by atoms with E-state index in [9.17, 15) is 28.2 Å². The van der Waals surface area contributed by atoms with Gasteiger partial charge in [0.25, 0.3) is 29.3 Å². The molecule has 3 aliphatic heterocycles. The highest BCUT2D eigenvalue weighted by atomic mass is 35.5. The number of fused-ring (bicyclic) bond motifs is 2. The van der Waals surface area contributed by atoms with Crippen LogP contribution < -0.4 is 24.6 Å². The van der Waals surface area contributed by atoms with Crippen LogP contribution in [0.5, 0.6) is 5.88 Å². The molecule has 1 amide bonds. The zero-order chi connectivity index (χ0) is 48.5. The maximum absolute atomic E-state index is 14.5. The number of carbonyl (C=O) groups excluding carboxylic acids is 1. The van der Waals surface area contributed by atoms with Crippen molar-refractivity contribution in [3.8, 4) is 5.88 Å². The van der Waals surface area contributed by atoms with Crippen LogP contribution in [-0.2, 0) is 14.5 Å². The summed E-state index contributed by atoms with van der Waals surface area (Å²) in [7, 11) is -7.01. The molecule has 2 fully saturated rings. The topological polar surface area (TPSA) is 195 Å². The Balaban J connectivity index is 0.962. The zero-order valence-electron chi connectivity index (χ0n) is 39.4. The number of amides is 1. The van der Waals surface area contributed by atoms with Crippen molar-refractivity contribution < 1.29 is 32.3 Å². The molecule has 69 heavy (non-hydrogen) atoms. The van der Waals surface area contributed by atoms with Gasteiger partial charge in [-0.1, -0.05) is 43.2 Å². The molecule has 16 nitrogen and oxygen atoms in total. The van der Waals surface area contributed by atoms with E-state index in [4.69, 9.17) is 25.8 Å². The molecule has 0 bridgehead atoms. The molecule has 2 aromatic heterocycles. The van der Waals surface area contributed by atoms with Crippen LogP contribution in [0, 0.1) is 21.4 Å². The van der Waals surface area contributed by atoms with Gasteiger partial charge in [0.1, 0.15) is 29.3 Å². The summed E-state index contributed by atoms with van der Waals surface area (Å²) in [5, 5.41) is 17.0. The minimum Gasteiger partial charge on any atom is -0.476 e. The third-order valence-corrected chi connectivity index (χ3v) is 18.2. The molecule has 9 rings (SSSR count). The number of allylic oxidation sites excluding steroid dienone is 1. The molecule has 5 heterocycles. The van der Waals surface area contributed by atoms with Crippen molar-refractivity contribution in [1.29, 1.82) is 0 Å². The Hall–Kier alpha value is -5.29. The number of pyridine rings is 1. The van der Waals surface area contributed by atoms with Gasteiger partial charge in [-0.3, -0.25) is 19.8 Å². The summed E-state index contributed by atoms with van der Waals surface area (Å²) in [4.78, 5) is 51.1. The van der Waals surface area contributed by atoms with Crippen LogP contribution in [0.1, 0.15) is 75.2 Å². The van der Waals surface area contributed by atoms with E-state index < -0.39 is 39.2 Å². The molecule has 2 saturated heterocycles. The number of hydrogen-bond acceptors (Lipinski definition) is 13. The van der Waals surface area contributed by atoms with Crippen LogP contribution in [0.25, 0.3) is 16.6 Å². The van der Waals surface area contributed by atoms with Crippen molar-refractivity contribution in [3.05, 3.63) is 111 Å². The standard InChI is InChI=1S/C50H60ClN8O8PS/c1-4-67-68(63)26-16-34(17-27-68)32-53-43-13-11-40(30-45(43)59(61)62)69(64,65)55-48(60)41-12-10-39(29-44(41)58-20-5-25-66-49-46(58)28-36-15-19-52-47(36)54-49)57-23-21-56(22-24-57)33-37-14-18-50(2,3)31-42(37)35-6-8-38(51)9-7-35/h6-13,15,19,28-30,34,53,63H,4-5,14,16-18,20-27,31-33H2,1-3H3,(H-,52,54,55,60)/p+1. The highest BCUT2D eigenvalue weighted by Crippen LogP contribution is 2.60. The third kappa shape index (κ3) is 11.0. The average molecular weight is 1000 g/mol. The molecular weight excluding hydrogens is 939 g/mol. The number of benzene rings is 3. The van der Waals surface area contributed by atoms with E-state index in [1.165, 1.54) is 28.8 Å². The first-order valence-electron chi connectivity index (χ1n) is 23.9. The Morgan fingerprint density at radius 2 is 1.80 bits per heavy atom. The van der Waals surface area contributed by atoms with E-state index in [1.807, 2.05) is 48.2 Å². The lowest BCUT2D eigenvalue weighted by Gasteiger charge is -2.39. The number of hydrogen-bond donors (Lipinski definition) is 4. The molecule has 0 saturated carbocycles. The van der Waals surface area contributed by atoms with Gasteiger partial charge in [-0.25, -0.2) is 22.6 Å². The van der Waals surface area contributed by atoms with Gasteiger partial charge in [0.15, 0.2) is 0 Å². The van der Waals surface area contributed by atoms with Crippen LogP contribution in [0.15, 0.2) is 89.5 Å². The number of nitrogens with one attached hydrogen (secondary N) is 3. The SMILES string of the molecule is CCO[P+]1(O)CCC(CNc2ccc(S(=O)(=O)NC(=O)c3ccc(N4CCN(CC5=C(c6ccc(Cl)cc6)CC(C)(C)CC5)CC4)cc3N3CCCOc4nc5[nH]ccc5cc43)cc2[N+](=O)[O-])CC1. The number of nitrogens with zero attached hydrogens (tertiary/aromatic N) is 5. The van der Waals surface area contributed by atoms with Crippen molar-refractivity contribution in [1.82, 2.24) is 19.6 Å². The second kappa shape index (κ2) is 20.2. The van der Waals surface area contributed by atoms with E-state index in [0.29, 0.717) is 80.8 Å². The third-order valence-electron chi connectivity index (χ3n) is 14.0. The first kappa shape index (κ1) is 48.7. The van der Waals surface area contributed by atoms with Crippen LogP contribution in [-0.4, -0.2) is 110 Å². The largest absolute Gasteiger partial charge is 0.476 e. The van der Waals surface area contributed by atoms with Gasteiger partial charge < -0.3 is 24.8 Å². The number of rotatable bonds is 14. The van der Waals surface area contributed by atoms with Gasteiger partial charge in [-0.05, 0) is 123 Å². The lowest BCUT2D eigenvalue weighted by Crippen LogP contribution is -2.47. The lowest BCUT2D eigenvalue weighted by atomic mass is 9.72. The molecule has 1 aliphatic carbocycles. The van der Waals surface area contributed by atoms with E-state index >= 15 is 0 Å². The van der Waals surface area contributed by atoms with Gasteiger partial charge in [-0.2, -0.15) is 4.98 Å². The molecule has 366 valence electrons. The summed E-state index contributed by atoms with van der Waals surface area (Å²) in [6.45, 7) is 12.2. The Morgan fingerprint density at radius 1 is 1.03 bits per heavy atom. The minimum absolute atomic E-state index is 0.101. The fourth-order valence-corrected chi connectivity index (χ4v) is 13.7. The molecule has 0 atom stereocenters. The molecule has 4 N–H and O–H groups in total. The molecule has 0 radical (unpaired) electrons. The number of aromatic nitrogens is 2. The van der Waals surface area contributed by atoms with Crippen molar-refractivity contribution in [3.63, 3.8) is 0 Å². The number of sulfonamides is 1. The summed E-state index contributed by atoms with van der Waals surface area (Å²) in [6, 6.07) is 21.1. The Labute approximate surface area is 409 Å². The number of nitro benzene ring substituents is 1. The van der Waals surface area contributed by atoms with E-state index in [0.717, 1.165) is 74.1 Å². The van der Waals surface area contributed by atoms with Crippen molar-refractivity contribution >= 4 is 80.3 Å². The van der Waals surface area contributed by atoms with Crippen molar-refractivity contribution in [2.45, 2.75) is 64.2 Å². The van der Waals surface area contributed by atoms with Gasteiger partial charge in [0, 0.05) is 74.2 Å². The highest BCUT2D eigenvalue weighted by molar-refractivity contribution is 7.90. The van der Waals surface area contributed by atoms with Gasteiger partial charge in [-0.15, -0.1) is 0 Å². The smallest absolute Gasteiger partial charge is 0.293 e. The second-order valence-electron chi connectivity index (χ2n) is 19.4. The van der Waals surface area contributed by atoms with Gasteiger partial charge in [0.05, 0.1) is 34.3 Å². The molecule has 0 spiro atoms. The zero-order valence-corrected chi connectivity index (χ0v) is 41.8.